The Morgan fingerprint density at radius 1 is 1.41 bits per heavy atom. The van der Waals surface area contributed by atoms with E-state index >= 15 is 0 Å². The number of likely N-dealkylation sites (tertiary alicyclic amines) is 1. The minimum atomic E-state index is -1.61. The highest BCUT2D eigenvalue weighted by Gasteiger charge is 2.51. The third-order valence-corrected chi connectivity index (χ3v) is 4.16. The van der Waals surface area contributed by atoms with E-state index in [0.29, 0.717) is 4.47 Å². The number of nitro groups is 1. The summed E-state index contributed by atoms with van der Waals surface area (Å²) < 4.78 is 16.2. The van der Waals surface area contributed by atoms with Crippen LogP contribution in [0.2, 0.25) is 0 Å². The molecule has 0 bridgehead atoms. The fraction of sp³-hybridized carbons (Fsp3) is 0.562. The van der Waals surface area contributed by atoms with Crippen molar-refractivity contribution in [3.63, 3.8) is 0 Å². The zero-order valence-electron chi connectivity index (χ0n) is 15.4. The number of hydrogen-bond acceptors (Lipinski definition) is 8. The van der Waals surface area contributed by atoms with Crippen LogP contribution in [0.5, 0.6) is 5.88 Å². The lowest BCUT2D eigenvalue weighted by atomic mass is 10.0. The molecule has 0 aliphatic carbocycles. The summed E-state index contributed by atoms with van der Waals surface area (Å²) in [5, 5.41) is 11.3. The van der Waals surface area contributed by atoms with Gasteiger partial charge in [0, 0.05) is 29.7 Å². The fourth-order valence-electron chi connectivity index (χ4n) is 2.55. The van der Waals surface area contributed by atoms with Gasteiger partial charge in [-0.1, -0.05) is 0 Å². The smallest absolute Gasteiger partial charge is 0.410 e. The van der Waals surface area contributed by atoms with Crippen LogP contribution in [0.25, 0.3) is 0 Å². The highest BCUT2D eigenvalue weighted by molar-refractivity contribution is 9.10. The van der Waals surface area contributed by atoms with Gasteiger partial charge in [0.15, 0.2) is 0 Å². The number of aromatic nitrogens is 1. The molecule has 0 N–H and O–H groups in total. The highest BCUT2D eigenvalue weighted by atomic mass is 79.9. The van der Waals surface area contributed by atoms with E-state index in [-0.39, 0.29) is 25.4 Å². The van der Waals surface area contributed by atoms with Crippen LogP contribution in [0, 0.1) is 10.1 Å². The third-order valence-electron chi connectivity index (χ3n) is 3.73. The maximum absolute atomic E-state index is 12.4. The zero-order chi connectivity index (χ0) is 20.4. The zero-order valence-corrected chi connectivity index (χ0v) is 16.9. The van der Waals surface area contributed by atoms with Gasteiger partial charge >= 0.3 is 17.7 Å². The molecule has 2 heterocycles. The standard InChI is InChI=1S/C16H20BrN3O7/c1-15(2,3)27-14(22)19-6-5-16(9-19,13(21)25-4)26-12-11(20(23)24)7-10(17)8-18-12/h7-8H,5-6,9H2,1-4H3. The number of carbonyl (C=O) groups excluding carboxylic acids is 2. The Kier molecular flexibility index (Phi) is 5.93. The Morgan fingerprint density at radius 2 is 2.07 bits per heavy atom. The van der Waals surface area contributed by atoms with E-state index in [0.717, 1.165) is 0 Å². The van der Waals surface area contributed by atoms with E-state index in [9.17, 15) is 19.7 Å². The van der Waals surface area contributed by atoms with Crippen molar-refractivity contribution >= 4 is 33.7 Å². The Labute approximate surface area is 164 Å². The van der Waals surface area contributed by atoms with Gasteiger partial charge in [-0.15, -0.1) is 0 Å². The molecule has 0 saturated carbocycles. The summed E-state index contributed by atoms with van der Waals surface area (Å²) >= 11 is 3.11. The van der Waals surface area contributed by atoms with Crippen LogP contribution in [0.4, 0.5) is 10.5 Å². The second-order valence-electron chi connectivity index (χ2n) is 6.97. The van der Waals surface area contributed by atoms with E-state index in [4.69, 9.17) is 14.2 Å². The van der Waals surface area contributed by atoms with Crippen molar-refractivity contribution in [2.24, 2.45) is 0 Å². The lowest BCUT2D eigenvalue weighted by molar-refractivity contribution is -0.386. The molecule has 10 nitrogen and oxygen atoms in total. The van der Waals surface area contributed by atoms with Crippen molar-refractivity contribution < 1.29 is 28.7 Å². The number of carbonyl (C=O) groups is 2. The van der Waals surface area contributed by atoms with E-state index in [1.807, 2.05) is 0 Å². The predicted octanol–water partition coefficient (Wildman–Crippen LogP) is 2.68. The number of amides is 1. The number of esters is 1. The van der Waals surface area contributed by atoms with E-state index in [1.165, 1.54) is 24.3 Å². The monoisotopic (exact) mass is 445 g/mol. The van der Waals surface area contributed by atoms with Crippen LogP contribution in [0.3, 0.4) is 0 Å². The number of halogens is 1. The van der Waals surface area contributed by atoms with Crippen molar-refractivity contribution in [2.45, 2.75) is 38.4 Å². The second kappa shape index (κ2) is 7.67. The molecular formula is C16H20BrN3O7. The normalized spacial score (nSPS) is 19.5. The first-order chi connectivity index (χ1) is 12.5. The number of methoxy groups -OCH3 is 1. The molecular weight excluding hydrogens is 426 g/mol. The summed E-state index contributed by atoms with van der Waals surface area (Å²) in [6.45, 7) is 5.15. The molecule has 1 fully saturated rings. The molecule has 1 atom stereocenters. The number of rotatable bonds is 4. The first-order valence-corrected chi connectivity index (χ1v) is 8.82. The van der Waals surface area contributed by atoms with Gasteiger partial charge in [0.05, 0.1) is 18.6 Å². The van der Waals surface area contributed by atoms with Gasteiger partial charge in [0.25, 0.3) is 5.88 Å². The van der Waals surface area contributed by atoms with Crippen molar-refractivity contribution in [2.75, 3.05) is 20.2 Å². The molecule has 1 aromatic rings. The van der Waals surface area contributed by atoms with Crippen LogP contribution >= 0.6 is 15.9 Å². The Bertz CT molecular complexity index is 765. The number of ether oxygens (including phenoxy) is 3. The average Bonchev–Trinajstić information content (AvgIpc) is 2.99. The SMILES string of the molecule is COC(=O)C1(Oc2ncc(Br)cc2[N+](=O)[O-])CCN(C(=O)OC(C)(C)C)C1. The third kappa shape index (κ3) is 4.85. The molecule has 1 amide bonds. The molecule has 1 saturated heterocycles. The Morgan fingerprint density at radius 3 is 2.63 bits per heavy atom. The quantitative estimate of drug-likeness (QED) is 0.393. The molecule has 11 heteroatoms. The van der Waals surface area contributed by atoms with Crippen LogP contribution in [0.1, 0.15) is 27.2 Å². The van der Waals surface area contributed by atoms with E-state index in [1.54, 1.807) is 20.8 Å². The van der Waals surface area contributed by atoms with Crippen LogP contribution < -0.4 is 4.74 Å². The van der Waals surface area contributed by atoms with Crippen LogP contribution in [0.15, 0.2) is 16.7 Å². The maximum atomic E-state index is 12.4. The fourth-order valence-corrected chi connectivity index (χ4v) is 2.87. The van der Waals surface area contributed by atoms with Gasteiger partial charge in [-0.25, -0.2) is 14.6 Å². The molecule has 27 heavy (non-hydrogen) atoms. The van der Waals surface area contributed by atoms with Gasteiger partial charge in [-0.3, -0.25) is 10.1 Å². The predicted molar refractivity (Wildman–Crippen MR) is 96.4 cm³/mol. The molecule has 1 unspecified atom stereocenters. The van der Waals surface area contributed by atoms with Crippen molar-refractivity contribution in [1.29, 1.82) is 0 Å². The maximum Gasteiger partial charge on any atom is 0.410 e. The molecule has 0 radical (unpaired) electrons. The summed E-state index contributed by atoms with van der Waals surface area (Å²) in [6, 6.07) is 1.22. The van der Waals surface area contributed by atoms with Gasteiger partial charge < -0.3 is 19.1 Å². The first-order valence-electron chi connectivity index (χ1n) is 8.03. The number of hydrogen-bond donors (Lipinski definition) is 0. The van der Waals surface area contributed by atoms with Crippen molar-refractivity contribution in [3.05, 3.63) is 26.9 Å². The summed E-state index contributed by atoms with van der Waals surface area (Å²) in [6.07, 6.45) is 0.775. The number of nitrogens with zero attached hydrogens (tertiary/aromatic N) is 3. The second-order valence-corrected chi connectivity index (χ2v) is 7.89. The lowest BCUT2D eigenvalue weighted by Crippen LogP contribution is -2.49. The van der Waals surface area contributed by atoms with Crippen molar-refractivity contribution in [3.8, 4) is 5.88 Å². The Hall–Kier alpha value is -2.43. The van der Waals surface area contributed by atoms with Crippen LogP contribution in [-0.2, 0) is 14.3 Å². The largest absolute Gasteiger partial charge is 0.466 e. The lowest BCUT2D eigenvalue weighted by Gasteiger charge is -2.28. The van der Waals surface area contributed by atoms with Gasteiger partial charge in [0.1, 0.15) is 5.60 Å². The molecule has 0 aromatic carbocycles. The minimum Gasteiger partial charge on any atom is -0.466 e. The topological polar surface area (TPSA) is 121 Å². The average molecular weight is 446 g/mol. The minimum absolute atomic E-state index is 0.0772. The molecule has 2 rings (SSSR count). The summed E-state index contributed by atoms with van der Waals surface area (Å²) in [5.41, 5.74) is -2.74. The molecule has 1 aliphatic heterocycles. The van der Waals surface area contributed by atoms with Gasteiger partial charge in [-0.2, -0.15) is 0 Å². The first kappa shape index (κ1) is 20.9. The van der Waals surface area contributed by atoms with Crippen LogP contribution in [-0.4, -0.2) is 58.3 Å². The molecule has 148 valence electrons. The Balaban J connectivity index is 2.31. The molecule has 0 spiro atoms. The van der Waals surface area contributed by atoms with E-state index < -0.39 is 33.9 Å². The summed E-state index contributed by atoms with van der Waals surface area (Å²) in [7, 11) is 1.17. The summed E-state index contributed by atoms with van der Waals surface area (Å²) in [5.74, 6) is -1.09. The molecule has 1 aliphatic rings. The van der Waals surface area contributed by atoms with Gasteiger partial charge in [-0.05, 0) is 36.7 Å². The van der Waals surface area contributed by atoms with E-state index in [2.05, 4.69) is 20.9 Å². The molecule has 1 aromatic heterocycles. The highest BCUT2D eigenvalue weighted by Crippen LogP contribution is 2.35. The number of pyridine rings is 1. The van der Waals surface area contributed by atoms with Crippen molar-refractivity contribution in [1.82, 2.24) is 9.88 Å². The van der Waals surface area contributed by atoms with Gasteiger partial charge in [0.2, 0.25) is 5.60 Å². The summed E-state index contributed by atoms with van der Waals surface area (Å²) in [4.78, 5) is 40.5.